The molecule has 0 fully saturated rings. The molecule has 2 aromatic rings. The molecule has 2 rings (SSSR count). The van der Waals surface area contributed by atoms with Crippen LogP contribution in [-0.4, -0.2) is 5.91 Å². The highest BCUT2D eigenvalue weighted by Gasteiger charge is 2.06. The average molecular weight is 332 g/mol. The second-order valence-corrected chi connectivity index (χ2v) is 5.50. The summed E-state index contributed by atoms with van der Waals surface area (Å²) in [5.74, 6) is -0.0302. The van der Waals surface area contributed by atoms with Crippen molar-refractivity contribution in [1.82, 2.24) is 5.32 Å². The summed E-state index contributed by atoms with van der Waals surface area (Å²) < 4.78 is 0. The van der Waals surface area contributed by atoms with E-state index in [9.17, 15) is 4.79 Å². The Hall–Kier alpha value is -1.61. The third kappa shape index (κ3) is 3.70. The molecule has 0 heterocycles. The lowest BCUT2D eigenvalue weighted by molar-refractivity contribution is 0.0951. The maximum absolute atomic E-state index is 12.1. The van der Waals surface area contributed by atoms with Gasteiger partial charge in [-0.1, -0.05) is 46.3 Å². The molecule has 1 N–H and O–H groups in total. The van der Waals surface area contributed by atoms with Crippen LogP contribution in [0.4, 0.5) is 0 Å². The number of hydrogen-bond donors (Lipinski definition) is 1. The van der Waals surface area contributed by atoms with Crippen LogP contribution in [0.2, 0.25) is 0 Å². The number of rotatable bonds is 4. The Morgan fingerprint density at radius 3 is 2.50 bits per heavy atom. The maximum atomic E-state index is 12.1. The van der Waals surface area contributed by atoms with E-state index in [0.29, 0.717) is 12.1 Å². The molecule has 1 amide bonds. The lowest BCUT2D eigenvalue weighted by Crippen LogP contribution is -2.22. The zero-order chi connectivity index (χ0) is 14.5. The smallest absolute Gasteiger partial charge is 0.251 e. The third-order valence-corrected chi connectivity index (χ3v) is 4.02. The molecule has 0 aromatic heterocycles. The Bertz CT molecular complexity index is 622. The van der Waals surface area contributed by atoms with Gasteiger partial charge in [-0.3, -0.25) is 4.79 Å². The van der Waals surface area contributed by atoms with E-state index in [-0.39, 0.29) is 5.91 Å². The largest absolute Gasteiger partial charge is 0.348 e. The minimum Gasteiger partial charge on any atom is -0.348 e. The van der Waals surface area contributed by atoms with Crippen LogP contribution < -0.4 is 5.32 Å². The third-order valence-electron chi connectivity index (χ3n) is 3.37. The van der Waals surface area contributed by atoms with Gasteiger partial charge in [0.15, 0.2) is 0 Å². The molecule has 0 aliphatic heterocycles. The number of halogens is 1. The van der Waals surface area contributed by atoms with Crippen molar-refractivity contribution < 1.29 is 4.79 Å². The summed E-state index contributed by atoms with van der Waals surface area (Å²) >= 11 is 3.44. The van der Waals surface area contributed by atoms with Gasteiger partial charge < -0.3 is 5.32 Å². The number of carbonyl (C=O) groups is 1. The van der Waals surface area contributed by atoms with E-state index in [1.54, 1.807) is 0 Å². The molecule has 0 unspecified atom stereocenters. The monoisotopic (exact) mass is 331 g/mol. The van der Waals surface area contributed by atoms with Crippen LogP contribution in [0.3, 0.4) is 0 Å². The van der Waals surface area contributed by atoms with E-state index in [4.69, 9.17) is 0 Å². The van der Waals surface area contributed by atoms with Gasteiger partial charge in [0.05, 0.1) is 0 Å². The molecule has 3 heteroatoms. The van der Waals surface area contributed by atoms with Gasteiger partial charge in [0.2, 0.25) is 0 Å². The predicted molar refractivity (Wildman–Crippen MR) is 86.2 cm³/mol. The summed E-state index contributed by atoms with van der Waals surface area (Å²) in [6, 6.07) is 14.0. The standard InChI is InChI=1S/C17H18BrNO/c1-12-6-7-16(8-13(12)2)17(20)19-11-15-5-3-4-14(9-15)10-18/h3-9H,10-11H2,1-2H3,(H,19,20). The molecule has 2 nitrogen and oxygen atoms in total. The molecule has 0 saturated carbocycles. The van der Waals surface area contributed by atoms with Crippen LogP contribution in [-0.2, 0) is 11.9 Å². The van der Waals surface area contributed by atoms with Crippen molar-refractivity contribution in [1.29, 1.82) is 0 Å². The van der Waals surface area contributed by atoms with Gasteiger partial charge in [0.1, 0.15) is 0 Å². The van der Waals surface area contributed by atoms with Gasteiger partial charge in [0, 0.05) is 17.4 Å². The molecule has 20 heavy (non-hydrogen) atoms. The number of nitrogens with one attached hydrogen (secondary N) is 1. The first kappa shape index (κ1) is 14.8. The molecule has 0 bridgehead atoms. The highest BCUT2D eigenvalue weighted by atomic mass is 79.9. The number of carbonyl (C=O) groups excluding carboxylic acids is 1. The zero-order valence-electron chi connectivity index (χ0n) is 11.7. The number of benzene rings is 2. The van der Waals surface area contributed by atoms with Gasteiger partial charge in [-0.05, 0) is 48.2 Å². The molecule has 0 saturated heterocycles. The molecule has 0 atom stereocenters. The summed E-state index contributed by atoms with van der Waals surface area (Å²) in [5, 5.41) is 3.78. The second-order valence-electron chi connectivity index (χ2n) is 4.94. The Balaban J connectivity index is 2.02. The van der Waals surface area contributed by atoms with E-state index in [1.807, 2.05) is 44.2 Å². The number of aryl methyl sites for hydroxylation is 2. The molecule has 2 aromatic carbocycles. The molecular formula is C17H18BrNO. The summed E-state index contributed by atoms with van der Waals surface area (Å²) in [4.78, 5) is 12.1. The van der Waals surface area contributed by atoms with Crippen molar-refractivity contribution in [3.8, 4) is 0 Å². The molecule has 0 spiro atoms. The van der Waals surface area contributed by atoms with E-state index in [0.717, 1.165) is 16.5 Å². The number of hydrogen-bond acceptors (Lipinski definition) is 1. The normalized spacial score (nSPS) is 10.3. The van der Waals surface area contributed by atoms with Crippen molar-refractivity contribution in [2.45, 2.75) is 25.7 Å². The molecule has 0 radical (unpaired) electrons. The maximum Gasteiger partial charge on any atom is 0.251 e. The highest BCUT2D eigenvalue weighted by Crippen LogP contribution is 2.11. The predicted octanol–water partition coefficient (Wildman–Crippen LogP) is 4.13. The molecular weight excluding hydrogens is 314 g/mol. The second kappa shape index (κ2) is 6.71. The Morgan fingerprint density at radius 1 is 1.05 bits per heavy atom. The van der Waals surface area contributed by atoms with Gasteiger partial charge in [0.25, 0.3) is 5.91 Å². The summed E-state index contributed by atoms with van der Waals surface area (Å²) in [6.45, 7) is 4.61. The van der Waals surface area contributed by atoms with Crippen LogP contribution in [0, 0.1) is 13.8 Å². The van der Waals surface area contributed by atoms with E-state index >= 15 is 0 Å². The van der Waals surface area contributed by atoms with E-state index < -0.39 is 0 Å². The van der Waals surface area contributed by atoms with Crippen LogP contribution in [0.15, 0.2) is 42.5 Å². The topological polar surface area (TPSA) is 29.1 Å². The lowest BCUT2D eigenvalue weighted by Gasteiger charge is -2.08. The van der Waals surface area contributed by atoms with Gasteiger partial charge in [-0.25, -0.2) is 0 Å². The first-order chi connectivity index (χ1) is 9.60. The first-order valence-electron chi connectivity index (χ1n) is 6.59. The highest BCUT2D eigenvalue weighted by molar-refractivity contribution is 9.08. The quantitative estimate of drug-likeness (QED) is 0.838. The fourth-order valence-corrected chi connectivity index (χ4v) is 2.34. The minimum atomic E-state index is -0.0302. The fraction of sp³-hybridized carbons (Fsp3) is 0.235. The van der Waals surface area contributed by atoms with Crippen LogP contribution in [0.1, 0.15) is 32.6 Å². The van der Waals surface area contributed by atoms with Crippen LogP contribution in [0.25, 0.3) is 0 Å². The Morgan fingerprint density at radius 2 is 1.80 bits per heavy atom. The molecule has 0 aliphatic carbocycles. The summed E-state index contributed by atoms with van der Waals surface area (Å²) in [7, 11) is 0. The Labute approximate surface area is 128 Å². The summed E-state index contributed by atoms with van der Waals surface area (Å²) in [6.07, 6.45) is 0. The van der Waals surface area contributed by atoms with Gasteiger partial charge in [-0.15, -0.1) is 0 Å². The lowest BCUT2D eigenvalue weighted by atomic mass is 10.1. The van der Waals surface area contributed by atoms with Gasteiger partial charge in [-0.2, -0.15) is 0 Å². The number of amides is 1. The van der Waals surface area contributed by atoms with Crippen molar-refractivity contribution >= 4 is 21.8 Å². The van der Waals surface area contributed by atoms with Crippen molar-refractivity contribution in [2.24, 2.45) is 0 Å². The summed E-state index contributed by atoms with van der Waals surface area (Å²) in [5.41, 5.74) is 5.37. The van der Waals surface area contributed by atoms with E-state index in [1.165, 1.54) is 11.1 Å². The molecule has 0 aliphatic rings. The SMILES string of the molecule is Cc1ccc(C(=O)NCc2cccc(CBr)c2)cc1C. The fourth-order valence-electron chi connectivity index (χ4n) is 1.99. The number of alkyl halides is 1. The average Bonchev–Trinajstić information content (AvgIpc) is 2.47. The zero-order valence-corrected chi connectivity index (χ0v) is 13.3. The first-order valence-corrected chi connectivity index (χ1v) is 7.71. The van der Waals surface area contributed by atoms with Crippen LogP contribution >= 0.6 is 15.9 Å². The van der Waals surface area contributed by atoms with E-state index in [2.05, 4.69) is 33.4 Å². The minimum absolute atomic E-state index is 0.0302. The van der Waals surface area contributed by atoms with Crippen LogP contribution in [0.5, 0.6) is 0 Å². The Kier molecular flexibility index (Phi) is 4.96. The van der Waals surface area contributed by atoms with Gasteiger partial charge >= 0.3 is 0 Å². The molecule has 104 valence electrons. The van der Waals surface area contributed by atoms with Crippen molar-refractivity contribution in [3.05, 3.63) is 70.3 Å². The van der Waals surface area contributed by atoms with Crippen molar-refractivity contribution in [2.75, 3.05) is 0 Å². The van der Waals surface area contributed by atoms with Crippen molar-refractivity contribution in [3.63, 3.8) is 0 Å².